The molecular formula is C20H16F5N2O3S. The van der Waals surface area contributed by atoms with Crippen molar-refractivity contribution < 1.29 is 36.5 Å². The number of thiazole rings is 1. The highest BCUT2D eigenvalue weighted by atomic mass is 32.1. The Hall–Kier alpha value is -2.82. The minimum absolute atomic E-state index is 0.145. The molecule has 1 aliphatic heterocycles. The number of fused-ring (bicyclic) bond motifs is 1. The zero-order chi connectivity index (χ0) is 22.2. The molecule has 0 spiro atoms. The molecule has 11 heteroatoms. The van der Waals surface area contributed by atoms with Crippen LogP contribution in [0.2, 0.25) is 0 Å². The summed E-state index contributed by atoms with van der Waals surface area (Å²) in [5.41, 5.74) is 1.52. The lowest BCUT2D eigenvalue weighted by Crippen LogP contribution is -2.41. The third-order valence-electron chi connectivity index (χ3n) is 4.85. The maximum atomic E-state index is 13.1. The average Bonchev–Trinajstić information content (AvgIpc) is 3.08. The molecule has 0 aliphatic carbocycles. The predicted octanol–water partition coefficient (Wildman–Crippen LogP) is 6.02. The number of halogens is 5. The van der Waals surface area contributed by atoms with Crippen LogP contribution in [0.15, 0.2) is 42.5 Å². The topological polar surface area (TPSA) is 54.5 Å². The van der Waals surface area contributed by atoms with Crippen molar-refractivity contribution in [2.75, 3.05) is 18.0 Å². The summed E-state index contributed by atoms with van der Waals surface area (Å²) in [4.78, 5) is 6.15. The standard InChI is InChI=1S/C20H16F5N2O3S/c21-19(22,23)20(24,25)30-14-4-1-3-13(11-14)29-12-7-9-27(10-8-12)15-5-2-6-16-17(15)26-18(28)31-16/h1-6,11-12H,7-10H2. The summed E-state index contributed by atoms with van der Waals surface area (Å²) in [5.74, 6) is -0.493. The van der Waals surface area contributed by atoms with E-state index in [-0.39, 0.29) is 17.0 Å². The Bertz CT molecular complexity index is 1060. The van der Waals surface area contributed by atoms with Gasteiger partial charge in [0.1, 0.15) is 23.1 Å². The van der Waals surface area contributed by atoms with Crippen molar-refractivity contribution in [1.82, 2.24) is 4.98 Å². The molecule has 4 rings (SSSR count). The van der Waals surface area contributed by atoms with Gasteiger partial charge >= 0.3 is 17.5 Å². The number of ether oxygens (including phenoxy) is 2. The Morgan fingerprint density at radius 1 is 1.00 bits per heavy atom. The maximum absolute atomic E-state index is 13.1. The lowest BCUT2D eigenvalue weighted by atomic mass is 10.1. The third kappa shape index (κ3) is 4.60. The van der Waals surface area contributed by atoms with Crippen molar-refractivity contribution in [1.29, 1.82) is 0 Å². The van der Waals surface area contributed by atoms with E-state index >= 15 is 0 Å². The van der Waals surface area contributed by atoms with E-state index in [1.165, 1.54) is 12.1 Å². The Labute approximate surface area is 177 Å². The fourth-order valence-corrected chi connectivity index (χ4v) is 4.11. The maximum Gasteiger partial charge on any atom is 0.499 e. The van der Waals surface area contributed by atoms with Crippen LogP contribution in [0, 0.1) is 0 Å². The van der Waals surface area contributed by atoms with Crippen LogP contribution < -0.4 is 14.4 Å². The molecule has 0 amide bonds. The van der Waals surface area contributed by atoms with Gasteiger partial charge in [-0.15, -0.1) is 0 Å². The zero-order valence-electron chi connectivity index (χ0n) is 15.9. The molecule has 5 nitrogen and oxygen atoms in total. The second kappa shape index (κ2) is 8.03. The monoisotopic (exact) mass is 459 g/mol. The van der Waals surface area contributed by atoms with E-state index in [2.05, 4.69) is 14.6 Å². The van der Waals surface area contributed by atoms with Gasteiger partial charge in [0, 0.05) is 32.0 Å². The predicted molar refractivity (Wildman–Crippen MR) is 104 cm³/mol. The van der Waals surface area contributed by atoms with Crippen molar-refractivity contribution in [2.24, 2.45) is 0 Å². The van der Waals surface area contributed by atoms with E-state index in [4.69, 9.17) is 4.74 Å². The molecule has 165 valence electrons. The number of nitrogens with zero attached hydrogens (tertiary/aromatic N) is 2. The van der Waals surface area contributed by atoms with Crippen LogP contribution in [0.4, 0.5) is 27.6 Å². The minimum atomic E-state index is -5.82. The average molecular weight is 459 g/mol. The van der Waals surface area contributed by atoms with Gasteiger partial charge in [-0.2, -0.15) is 26.9 Å². The molecule has 0 N–H and O–H groups in total. The van der Waals surface area contributed by atoms with Gasteiger partial charge in [-0.3, -0.25) is 5.11 Å². The van der Waals surface area contributed by atoms with E-state index in [0.29, 0.717) is 31.4 Å². The number of piperidine rings is 1. The van der Waals surface area contributed by atoms with Crippen LogP contribution >= 0.6 is 11.3 Å². The van der Waals surface area contributed by atoms with Gasteiger partial charge in [0.15, 0.2) is 0 Å². The number of alkyl halides is 5. The van der Waals surface area contributed by atoms with E-state index in [1.54, 1.807) is 0 Å². The smallest absolute Gasteiger partial charge is 0.490 e. The second-order valence-corrected chi connectivity index (χ2v) is 7.99. The number of hydrogen-bond donors (Lipinski definition) is 0. The number of para-hydroxylation sites is 1. The van der Waals surface area contributed by atoms with E-state index in [0.717, 1.165) is 33.9 Å². The molecule has 1 aromatic heterocycles. The Morgan fingerprint density at radius 2 is 1.68 bits per heavy atom. The minimum Gasteiger partial charge on any atom is -0.490 e. The summed E-state index contributed by atoms with van der Waals surface area (Å²) < 4.78 is 73.6. The first-order chi connectivity index (χ1) is 14.6. The number of benzene rings is 2. The van der Waals surface area contributed by atoms with Crippen LogP contribution in [0.3, 0.4) is 0 Å². The summed E-state index contributed by atoms with van der Waals surface area (Å²) >= 11 is 1.09. The molecule has 1 saturated heterocycles. The van der Waals surface area contributed by atoms with Gasteiger partial charge < -0.3 is 14.4 Å². The van der Waals surface area contributed by atoms with Crippen LogP contribution in [0.1, 0.15) is 12.8 Å². The fraction of sp³-hybridized carbons (Fsp3) is 0.350. The van der Waals surface area contributed by atoms with Crippen molar-refractivity contribution in [3.63, 3.8) is 0 Å². The van der Waals surface area contributed by atoms with Crippen LogP contribution in [-0.4, -0.2) is 36.5 Å². The van der Waals surface area contributed by atoms with Gasteiger partial charge in [-0.1, -0.05) is 23.5 Å². The van der Waals surface area contributed by atoms with E-state index in [9.17, 15) is 27.1 Å². The molecule has 0 saturated carbocycles. The van der Waals surface area contributed by atoms with Crippen molar-refractivity contribution in [3.8, 4) is 16.7 Å². The molecule has 1 fully saturated rings. The highest BCUT2D eigenvalue weighted by Crippen LogP contribution is 2.38. The van der Waals surface area contributed by atoms with Crippen LogP contribution in [0.25, 0.3) is 10.2 Å². The van der Waals surface area contributed by atoms with Gasteiger partial charge in [0.25, 0.3) is 0 Å². The number of aromatic nitrogens is 1. The fourth-order valence-electron chi connectivity index (χ4n) is 3.39. The molecule has 1 radical (unpaired) electrons. The largest absolute Gasteiger partial charge is 0.499 e. The molecular weight excluding hydrogens is 443 g/mol. The number of rotatable bonds is 5. The third-order valence-corrected chi connectivity index (χ3v) is 5.66. The normalized spacial score (nSPS) is 16.0. The summed E-state index contributed by atoms with van der Waals surface area (Å²) in [5, 5.41) is 11.3. The summed E-state index contributed by atoms with van der Waals surface area (Å²) in [6.45, 7) is 1.22. The summed E-state index contributed by atoms with van der Waals surface area (Å²) in [6, 6.07) is 10.4. The molecule has 31 heavy (non-hydrogen) atoms. The highest BCUT2D eigenvalue weighted by Gasteiger charge is 2.61. The Balaban J connectivity index is 1.39. The quantitative estimate of drug-likeness (QED) is 0.438. The molecule has 0 unspecified atom stereocenters. The van der Waals surface area contributed by atoms with Crippen molar-refractivity contribution >= 4 is 27.2 Å². The SMILES string of the molecule is [O]c1nc2c(N3CCC(Oc4cccc(OC(F)(F)C(F)(F)F)c4)CC3)cccc2s1. The first-order valence-corrected chi connectivity index (χ1v) is 10.2. The molecule has 1 aliphatic rings. The van der Waals surface area contributed by atoms with Gasteiger partial charge in [0.2, 0.25) is 0 Å². The zero-order valence-corrected chi connectivity index (χ0v) is 16.7. The number of anilines is 1. The number of hydrogen-bond acceptors (Lipinski definition) is 5. The Morgan fingerprint density at radius 3 is 2.39 bits per heavy atom. The molecule has 3 aromatic rings. The molecule has 0 bridgehead atoms. The summed E-state index contributed by atoms with van der Waals surface area (Å²) in [6.07, 6.45) is -10.2. The lowest BCUT2D eigenvalue weighted by molar-refractivity contribution is -0.360. The Kier molecular flexibility index (Phi) is 5.54. The van der Waals surface area contributed by atoms with E-state index < -0.39 is 18.0 Å². The van der Waals surface area contributed by atoms with Crippen LogP contribution in [-0.2, 0) is 5.11 Å². The van der Waals surface area contributed by atoms with Gasteiger partial charge in [-0.05, 0) is 24.3 Å². The van der Waals surface area contributed by atoms with Gasteiger partial charge in [0.05, 0.1) is 10.4 Å². The van der Waals surface area contributed by atoms with E-state index in [1.807, 2.05) is 18.2 Å². The molecule has 0 atom stereocenters. The lowest BCUT2D eigenvalue weighted by Gasteiger charge is -2.33. The van der Waals surface area contributed by atoms with Crippen molar-refractivity contribution in [3.05, 3.63) is 42.5 Å². The second-order valence-electron chi connectivity index (χ2n) is 7.00. The molecule has 2 heterocycles. The first-order valence-electron chi connectivity index (χ1n) is 9.34. The highest BCUT2D eigenvalue weighted by molar-refractivity contribution is 7.20. The van der Waals surface area contributed by atoms with Crippen LogP contribution in [0.5, 0.6) is 16.7 Å². The molecule has 2 aromatic carbocycles. The first kappa shape index (κ1) is 21.4. The van der Waals surface area contributed by atoms with Crippen molar-refractivity contribution in [2.45, 2.75) is 31.2 Å². The summed E-state index contributed by atoms with van der Waals surface area (Å²) in [7, 11) is 0. The van der Waals surface area contributed by atoms with Gasteiger partial charge in [-0.25, -0.2) is 0 Å².